The third kappa shape index (κ3) is 4.53. The van der Waals surface area contributed by atoms with E-state index in [0.29, 0.717) is 5.56 Å². The molecule has 0 saturated carbocycles. The van der Waals surface area contributed by atoms with Gasteiger partial charge in [-0.1, -0.05) is 12.1 Å². The maximum absolute atomic E-state index is 13.0. The highest BCUT2D eigenvalue weighted by Gasteiger charge is 2.21. The van der Waals surface area contributed by atoms with E-state index in [1.807, 2.05) is 0 Å². The fourth-order valence-corrected chi connectivity index (χ4v) is 1.58. The molecule has 1 N–H and O–H groups in total. The maximum atomic E-state index is 13.0. The van der Waals surface area contributed by atoms with Crippen LogP contribution in [0.25, 0.3) is 0 Å². The van der Waals surface area contributed by atoms with Gasteiger partial charge in [0.05, 0.1) is 6.61 Å². The Kier molecular flexibility index (Phi) is 5.30. The van der Waals surface area contributed by atoms with E-state index in [9.17, 15) is 14.0 Å². The molecular formula is C13H16FNO3. The minimum atomic E-state index is -0.788. The molecule has 0 bridgehead atoms. The lowest BCUT2D eigenvalue weighted by Crippen LogP contribution is -2.42. The Bertz CT molecular complexity index is 434. The first-order valence-electron chi connectivity index (χ1n) is 5.71. The van der Waals surface area contributed by atoms with Crippen LogP contribution in [0.3, 0.4) is 0 Å². The van der Waals surface area contributed by atoms with E-state index in [-0.39, 0.29) is 24.8 Å². The van der Waals surface area contributed by atoms with Gasteiger partial charge in [0.2, 0.25) is 5.91 Å². The van der Waals surface area contributed by atoms with Crippen LogP contribution in [-0.4, -0.2) is 24.5 Å². The Hall–Kier alpha value is -1.91. The van der Waals surface area contributed by atoms with Gasteiger partial charge in [0.1, 0.15) is 11.9 Å². The minimum absolute atomic E-state index is 0.205. The molecule has 4 nitrogen and oxygen atoms in total. The first-order valence-corrected chi connectivity index (χ1v) is 5.71. The summed E-state index contributed by atoms with van der Waals surface area (Å²) in [5, 5.41) is 2.50. The summed E-state index contributed by atoms with van der Waals surface area (Å²) in [5.41, 5.74) is 0.627. The van der Waals surface area contributed by atoms with Crippen molar-refractivity contribution in [2.24, 2.45) is 0 Å². The monoisotopic (exact) mass is 253 g/mol. The van der Waals surface area contributed by atoms with Crippen molar-refractivity contribution in [3.05, 3.63) is 35.6 Å². The molecule has 0 aliphatic carbocycles. The van der Waals surface area contributed by atoms with E-state index in [1.54, 1.807) is 19.1 Å². The normalized spacial score (nSPS) is 11.7. The zero-order valence-corrected chi connectivity index (χ0v) is 10.4. The summed E-state index contributed by atoms with van der Waals surface area (Å²) < 4.78 is 17.9. The molecular weight excluding hydrogens is 237 g/mol. The molecule has 1 atom stereocenters. The largest absolute Gasteiger partial charge is 0.464 e. The number of halogens is 1. The van der Waals surface area contributed by atoms with Crippen molar-refractivity contribution in [1.29, 1.82) is 0 Å². The molecule has 0 unspecified atom stereocenters. The molecule has 0 spiro atoms. The van der Waals surface area contributed by atoms with Gasteiger partial charge in [-0.05, 0) is 24.6 Å². The number of esters is 1. The Balaban J connectivity index is 2.77. The zero-order valence-electron chi connectivity index (χ0n) is 10.4. The van der Waals surface area contributed by atoms with E-state index in [2.05, 4.69) is 5.32 Å². The molecule has 1 aromatic rings. The van der Waals surface area contributed by atoms with Crippen molar-refractivity contribution in [2.45, 2.75) is 26.3 Å². The van der Waals surface area contributed by atoms with E-state index in [1.165, 1.54) is 19.1 Å². The molecule has 0 fully saturated rings. The molecule has 0 aromatic heterocycles. The summed E-state index contributed by atoms with van der Waals surface area (Å²) >= 11 is 0. The molecule has 18 heavy (non-hydrogen) atoms. The Morgan fingerprint density at radius 2 is 2.17 bits per heavy atom. The van der Waals surface area contributed by atoms with Crippen LogP contribution in [0.15, 0.2) is 24.3 Å². The van der Waals surface area contributed by atoms with Gasteiger partial charge in [-0.15, -0.1) is 0 Å². The molecule has 0 radical (unpaired) electrons. The van der Waals surface area contributed by atoms with E-state index < -0.39 is 12.0 Å². The summed E-state index contributed by atoms with van der Waals surface area (Å²) in [7, 11) is 0. The van der Waals surface area contributed by atoms with Crippen molar-refractivity contribution in [3.63, 3.8) is 0 Å². The number of hydrogen-bond donors (Lipinski definition) is 1. The van der Waals surface area contributed by atoms with Crippen molar-refractivity contribution >= 4 is 11.9 Å². The van der Waals surface area contributed by atoms with E-state index in [4.69, 9.17) is 4.74 Å². The number of ether oxygens (including phenoxy) is 1. The van der Waals surface area contributed by atoms with Crippen molar-refractivity contribution < 1.29 is 18.7 Å². The van der Waals surface area contributed by atoms with Gasteiger partial charge in [-0.2, -0.15) is 0 Å². The van der Waals surface area contributed by atoms with E-state index in [0.717, 1.165) is 0 Å². The SMILES string of the molecule is CCOC(=O)[C@H](Cc1cccc(F)c1)NC(C)=O. The van der Waals surface area contributed by atoms with Crippen molar-refractivity contribution in [3.8, 4) is 0 Å². The van der Waals surface area contributed by atoms with Crippen molar-refractivity contribution in [1.82, 2.24) is 5.32 Å². The highest BCUT2D eigenvalue weighted by Crippen LogP contribution is 2.07. The molecule has 5 heteroatoms. The van der Waals surface area contributed by atoms with Crippen LogP contribution < -0.4 is 5.32 Å². The lowest BCUT2D eigenvalue weighted by Gasteiger charge is -2.16. The third-order valence-electron chi connectivity index (χ3n) is 2.28. The quantitative estimate of drug-likeness (QED) is 0.808. The van der Waals surface area contributed by atoms with Gasteiger partial charge < -0.3 is 10.1 Å². The first-order chi connectivity index (χ1) is 8.52. The van der Waals surface area contributed by atoms with Crippen LogP contribution in [0.2, 0.25) is 0 Å². The van der Waals surface area contributed by atoms with Gasteiger partial charge in [0, 0.05) is 13.3 Å². The van der Waals surface area contributed by atoms with Crippen LogP contribution in [0, 0.1) is 5.82 Å². The average molecular weight is 253 g/mol. The summed E-state index contributed by atoms with van der Waals surface area (Å²) in [5.74, 6) is -1.22. The standard InChI is InChI=1S/C13H16FNO3/c1-3-18-13(17)12(15-9(2)16)8-10-5-4-6-11(14)7-10/h4-7,12H,3,8H2,1-2H3,(H,15,16)/t12-/m0/s1. The summed E-state index contributed by atoms with van der Waals surface area (Å²) in [6.07, 6.45) is 0.205. The summed E-state index contributed by atoms with van der Waals surface area (Å²) in [6, 6.07) is 5.11. The lowest BCUT2D eigenvalue weighted by atomic mass is 10.1. The smallest absolute Gasteiger partial charge is 0.328 e. The lowest BCUT2D eigenvalue weighted by molar-refractivity contribution is -0.147. The second kappa shape index (κ2) is 6.74. The van der Waals surface area contributed by atoms with Crippen molar-refractivity contribution in [2.75, 3.05) is 6.61 Å². The molecule has 0 aliphatic rings. The molecule has 1 aromatic carbocycles. The Labute approximate surface area is 105 Å². The number of carbonyl (C=O) groups excluding carboxylic acids is 2. The topological polar surface area (TPSA) is 55.4 Å². The predicted molar refractivity (Wildman–Crippen MR) is 64.3 cm³/mol. The number of rotatable bonds is 5. The number of benzene rings is 1. The van der Waals surface area contributed by atoms with Gasteiger partial charge in [-0.25, -0.2) is 9.18 Å². The van der Waals surface area contributed by atoms with Crippen LogP contribution in [-0.2, 0) is 20.7 Å². The average Bonchev–Trinajstić information content (AvgIpc) is 2.28. The summed E-state index contributed by atoms with van der Waals surface area (Å²) in [6.45, 7) is 3.24. The molecule has 98 valence electrons. The van der Waals surface area contributed by atoms with Gasteiger partial charge in [-0.3, -0.25) is 4.79 Å². The van der Waals surface area contributed by atoms with Crippen LogP contribution in [0.4, 0.5) is 4.39 Å². The van der Waals surface area contributed by atoms with Crippen LogP contribution in [0.1, 0.15) is 19.4 Å². The molecule has 0 saturated heterocycles. The summed E-state index contributed by atoms with van der Waals surface area (Å²) in [4.78, 5) is 22.7. The molecule has 1 amide bonds. The third-order valence-corrected chi connectivity index (χ3v) is 2.28. The highest BCUT2D eigenvalue weighted by atomic mass is 19.1. The maximum Gasteiger partial charge on any atom is 0.328 e. The Morgan fingerprint density at radius 3 is 2.72 bits per heavy atom. The molecule has 1 rings (SSSR count). The van der Waals surface area contributed by atoms with Crippen LogP contribution >= 0.6 is 0 Å². The first kappa shape index (κ1) is 14.2. The van der Waals surface area contributed by atoms with Gasteiger partial charge in [0.15, 0.2) is 0 Å². The number of hydrogen-bond acceptors (Lipinski definition) is 3. The minimum Gasteiger partial charge on any atom is -0.464 e. The Morgan fingerprint density at radius 1 is 1.44 bits per heavy atom. The number of carbonyl (C=O) groups is 2. The highest BCUT2D eigenvalue weighted by molar-refractivity contribution is 5.83. The second-order valence-electron chi connectivity index (χ2n) is 3.84. The van der Waals surface area contributed by atoms with Gasteiger partial charge >= 0.3 is 5.97 Å². The van der Waals surface area contributed by atoms with Gasteiger partial charge in [0.25, 0.3) is 0 Å². The number of amides is 1. The second-order valence-corrected chi connectivity index (χ2v) is 3.84. The van der Waals surface area contributed by atoms with E-state index >= 15 is 0 Å². The molecule has 0 aliphatic heterocycles. The number of nitrogens with one attached hydrogen (secondary N) is 1. The fourth-order valence-electron chi connectivity index (χ4n) is 1.58. The predicted octanol–water partition coefficient (Wildman–Crippen LogP) is 1.44. The fraction of sp³-hybridized carbons (Fsp3) is 0.385. The zero-order chi connectivity index (χ0) is 13.5. The molecule has 0 heterocycles. The van der Waals surface area contributed by atoms with Crippen LogP contribution in [0.5, 0.6) is 0 Å².